The average molecular weight is 250 g/mol. The Balaban J connectivity index is 3.35. The fourth-order valence-electron chi connectivity index (χ4n) is 2.07. The molecule has 0 saturated carbocycles. The number of rotatable bonds is 2. The zero-order valence-corrected chi connectivity index (χ0v) is 9.91. The first-order valence-electron chi connectivity index (χ1n) is 5.17. The summed E-state index contributed by atoms with van der Waals surface area (Å²) in [5.41, 5.74) is -5.04. The molecule has 0 aromatic rings. The third kappa shape index (κ3) is 1.70. The van der Waals surface area contributed by atoms with Gasteiger partial charge in [-0.2, -0.15) is 0 Å². The van der Waals surface area contributed by atoms with Crippen LogP contribution in [0.15, 0.2) is 0 Å². The highest BCUT2D eigenvalue weighted by Gasteiger charge is 2.69. The standard InChI is InChI=1S/C10H18O7/c1-5(12)10(16)7(13)6(4-11)17-9(3,15)8(10,2)14/h6-7,11,13-16H,4H2,1-3H3. The van der Waals surface area contributed by atoms with E-state index < -0.39 is 41.6 Å². The van der Waals surface area contributed by atoms with Gasteiger partial charge in [-0.15, -0.1) is 0 Å². The Morgan fingerprint density at radius 2 is 1.76 bits per heavy atom. The summed E-state index contributed by atoms with van der Waals surface area (Å²) in [6, 6.07) is 0. The molecule has 0 bridgehead atoms. The van der Waals surface area contributed by atoms with Crippen molar-refractivity contribution in [2.24, 2.45) is 0 Å². The molecular weight excluding hydrogens is 232 g/mol. The second-order valence-electron chi connectivity index (χ2n) is 4.66. The number of aliphatic hydroxyl groups excluding tert-OH is 2. The molecule has 7 heteroatoms. The van der Waals surface area contributed by atoms with E-state index in [2.05, 4.69) is 0 Å². The Labute approximate surface area is 98.3 Å². The molecule has 0 aromatic carbocycles. The number of carbonyl (C=O) groups is 1. The first kappa shape index (κ1) is 14.5. The third-order valence-electron chi connectivity index (χ3n) is 3.52. The summed E-state index contributed by atoms with van der Waals surface area (Å²) >= 11 is 0. The molecule has 5 N–H and O–H groups in total. The van der Waals surface area contributed by atoms with E-state index in [1.165, 1.54) is 0 Å². The summed E-state index contributed by atoms with van der Waals surface area (Å²) in [5, 5.41) is 48.9. The minimum atomic E-state index is -2.62. The maximum absolute atomic E-state index is 11.5. The molecule has 5 atom stereocenters. The van der Waals surface area contributed by atoms with Crippen LogP contribution in [0.3, 0.4) is 0 Å². The van der Waals surface area contributed by atoms with Crippen molar-refractivity contribution in [1.29, 1.82) is 0 Å². The Kier molecular flexibility index (Phi) is 3.39. The molecule has 5 unspecified atom stereocenters. The second kappa shape index (κ2) is 3.98. The molecule has 0 spiro atoms. The van der Waals surface area contributed by atoms with E-state index in [1.807, 2.05) is 0 Å². The van der Waals surface area contributed by atoms with Crippen molar-refractivity contribution in [2.45, 2.75) is 50.0 Å². The lowest BCUT2D eigenvalue weighted by molar-refractivity contribution is -0.395. The smallest absolute Gasteiger partial charge is 0.195 e. The van der Waals surface area contributed by atoms with Gasteiger partial charge >= 0.3 is 0 Å². The fraction of sp³-hybridized carbons (Fsp3) is 0.900. The predicted molar refractivity (Wildman–Crippen MR) is 54.8 cm³/mol. The van der Waals surface area contributed by atoms with Crippen LogP contribution in [0.1, 0.15) is 20.8 Å². The normalized spacial score (nSPS) is 51.3. The van der Waals surface area contributed by atoms with Gasteiger partial charge in [0.1, 0.15) is 12.2 Å². The molecule has 1 rings (SSSR count). The summed E-state index contributed by atoms with van der Waals surface area (Å²) in [4.78, 5) is 11.5. The highest BCUT2D eigenvalue weighted by Crippen LogP contribution is 2.43. The van der Waals surface area contributed by atoms with E-state index in [1.54, 1.807) is 0 Å². The molecule has 100 valence electrons. The minimum absolute atomic E-state index is 0.719. The molecule has 17 heavy (non-hydrogen) atoms. The highest BCUT2D eigenvalue weighted by molar-refractivity contribution is 5.87. The molecule has 1 saturated heterocycles. The van der Waals surface area contributed by atoms with Gasteiger partial charge in [0.05, 0.1) is 6.61 Å². The highest BCUT2D eigenvalue weighted by atomic mass is 16.7. The molecule has 1 aliphatic rings. The lowest BCUT2D eigenvalue weighted by Gasteiger charge is -2.55. The lowest BCUT2D eigenvalue weighted by atomic mass is 9.69. The lowest BCUT2D eigenvalue weighted by Crippen LogP contribution is -2.79. The first-order valence-corrected chi connectivity index (χ1v) is 5.17. The largest absolute Gasteiger partial charge is 0.394 e. The van der Waals surface area contributed by atoms with Crippen molar-refractivity contribution >= 4 is 5.78 Å². The maximum atomic E-state index is 11.5. The minimum Gasteiger partial charge on any atom is -0.394 e. The van der Waals surface area contributed by atoms with E-state index in [4.69, 9.17) is 9.84 Å². The monoisotopic (exact) mass is 250 g/mol. The summed E-state index contributed by atoms with van der Waals surface area (Å²) in [6.07, 6.45) is -3.22. The van der Waals surface area contributed by atoms with E-state index in [0.717, 1.165) is 20.8 Å². The molecule has 0 amide bonds. The molecule has 1 aliphatic heterocycles. The van der Waals surface area contributed by atoms with E-state index in [-0.39, 0.29) is 0 Å². The number of aliphatic hydroxyl groups is 5. The van der Waals surface area contributed by atoms with Gasteiger partial charge in [-0.05, 0) is 20.8 Å². The SMILES string of the molecule is CC(=O)C1(O)C(O)C(CO)OC(C)(O)C1(C)O. The Morgan fingerprint density at radius 3 is 2.12 bits per heavy atom. The van der Waals surface area contributed by atoms with Crippen LogP contribution in [0.5, 0.6) is 0 Å². The maximum Gasteiger partial charge on any atom is 0.195 e. The van der Waals surface area contributed by atoms with E-state index in [9.17, 15) is 25.2 Å². The van der Waals surface area contributed by atoms with E-state index >= 15 is 0 Å². The first-order chi connectivity index (χ1) is 7.52. The molecule has 0 radical (unpaired) electrons. The topological polar surface area (TPSA) is 127 Å². The number of ketones is 1. The van der Waals surface area contributed by atoms with Crippen LogP contribution in [-0.2, 0) is 9.53 Å². The van der Waals surface area contributed by atoms with Crippen molar-refractivity contribution < 1.29 is 35.1 Å². The van der Waals surface area contributed by atoms with Gasteiger partial charge in [-0.25, -0.2) is 0 Å². The number of hydrogen-bond acceptors (Lipinski definition) is 7. The summed E-state index contributed by atoms with van der Waals surface area (Å²) in [7, 11) is 0. The van der Waals surface area contributed by atoms with Gasteiger partial charge in [-0.1, -0.05) is 0 Å². The van der Waals surface area contributed by atoms with Crippen LogP contribution in [0.4, 0.5) is 0 Å². The summed E-state index contributed by atoms with van der Waals surface area (Å²) in [6.45, 7) is 2.26. The fourth-order valence-corrected chi connectivity index (χ4v) is 2.07. The van der Waals surface area contributed by atoms with Crippen LogP contribution >= 0.6 is 0 Å². The predicted octanol–water partition coefficient (Wildman–Crippen LogP) is -2.48. The molecule has 0 aromatic heterocycles. The van der Waals surface area contributed by atoms with Gasteiger partial charge in [-0.3, -0.25) is 4.79 Å². The Morgan fingerprint density at radius 1 is 1.29 bits per heavy atom. The van der Waals surface area contributed by atoms with Crippen LogP contribution in [-0.4, -0.2) is 67.1 Å². The molecule has 0 aliphatic carbocycles. The Bertz CT molecular complexity index is 325. The van der Waals surface area contributed by atoms with Gasteiger partial charge in [0, 0.05) is 0 Å². The Hall–Kier alpha value is -0.570. The number of carbonyl (C=O) groups excluding carboxylic acids is 1. The van der Waals surface area contributed by atoms with Gasteiger partial charge < -0.3 is 30.3 Å². The summed E-state index contributed by atoms with van der Waals surface area (Å²) in [5.74, 6) is -3.22. The molecule has 1 fully saturated rings. The quantitative estimate of drug-likeness (QED) is 0.367. The average Bonchev–Trinajstić information content (AvgIpc) is 2.21. The van der Waals surface area contributed by atoms with Crippen LogP contribution in [0.2, 0.25) is 0 Å². The van der Waals surface area contributed by atoms with Crippen molar-refractivity contribution in [3.8, 4) is 0 Å². The van der Waals surface area contributed by atoms with Crippen LogP contribution in [0.25, 0.3) is 0 Å². The summed E-state index contributed by atoms with van der Waals surface area (Å²) < 4.78 is 4.89. The third-order valence-corrected chi connectivity index (χ3v) is 3.52. The van der Waals surface area contributed by atoms with Crippen molar-refractivity contribution in [1.82, 2.24) is 0 Å². The second-order valence-corrected chi connectivity index (χ2v) is 4.66. The van der Waals surface area contributed by atoms with Gasteiger partial charge in [0.15, 0.2) is 22.8 Å². The van der Waals surface area contributed by atoms with Gasteiger partial charge in [0.25, 0.3) is 0 Å². The number of ether oxygens (including phenoxy) is 1. The van der Waals surface area contributed by atoms with Crippen LogP contribution < -0.4 is 0 Å². The van der Waals surface area contributed by atoms with Crippen LogP contribution in [0, 0.1) is 0 Å². The van der Waals surface area contributed by atoms with Crippen molar-refractivity contribution in [3.05, 3.63) is 0 Å². The number of hydrogen-bond donors (Lipinski definition) is 5. The number of Topliss-reactive ketones (excluding diaryl/α,β-unsaturated/α-hetero) is 1. The van der Waals surface area contributed by atoms with E-state index in [0.29, 0.717) is 0 Å². The van der Waals surface area contributed by atoms with Crippen molar-refractivity contribution in [2.75, 3.05) is 6.61 Å². The zero-order valence-electron chi connectivity index (χ0n) is 9.91. The molecule has 1 heterocycles. The van der Waals surface area contributed by atoms with Crippen molar-refractivity contribution in [3.63, 3.8) is 0 Å². The molecular formula is C10H18O7. The van der Waals surface area contributed by atoms with Gasteiger partial charge in [0.2, 0.25) is 0 Å². The zero-order chi connectivity index (χ0) is 13.6. The molecule has 7 nitrogen and oxygen atoms in total.